The Labute approximate surface area is 114 Å². The molecular weight excluding hydrogens is 238 g/mol. The second-order valence-corrected chi connectivity index (χ2v) is 4.52. The Morgan fingerprint density at radius 1 is 1.16 bits per heavy atom. The van der Waals surface area contributed by atoms with Crippen LogP contribution in [0.2, 0.25) is 0 Å². The first-order valence-corrected chi connectivity index (χ1v) is 6.54. The number of anilines is 1. The number of carbonyl (C=O) groups is 1. The zero-order chi connectivity index (χ0) is 13.5. The molecule has 0 N–H and O–H groups in total. The first-order chi connectivity index (χ1) is 9.25. The molecule has 0 radical (unpaired) electrons. The SMILES string of the molecule is CC(=O)/C=C/C=C/c1ccc(N2CCOCC2)cc1. The minimum Gasteiger partial charge on any atom is -0.378 e. The molecule has 0 spiro atoms. The maximum absolute atomic E-state index is 10.7. The number of ketones is 1. The summed E-state index contributed by atoms with van der Waals surface area (Å²) in [4.78, 5) is 13.1. The van der Waals surface area contributed by atoms with Crippen LogP contribution in [0.1, 0.15) is 12.5 Å². The normalized spacial score (nSPS) is 16.4. The molecule has 1 heterocycles. The second-order valence-electron chi connectivity index (χ2n) is 4.52. The van der Waals surface area contributed by atoms with Crippen molar-refractivity contribution >= 4 is 17.5 Å². The fraction of sp³-hybridized carbons (Fsp3) is 0.312. The molecule has 0 aliphatic carbocycles. The van der Waals surface area contributed by atoms with Gasteiger partial charge in [-0.3, -0.25) is 4.79 Å². The van der Waals surface area contributed by atoms with Crippen LogP contribution in [0.4, 0.5) is 5.69 Å². The third kappa shape index (κ3) is 4.38. The van der Waals surface area contributed by atoms with Gasteiger partial charge in [0.1, 0.15) is 0 Å². The maximum Gasteiger partial charge on any atom is 0.152 e. The molecule has 100 valence electrons. The Morgan fingerprint density at radius 3 is 2.47 bits per heavy atom. The van der Waals surface area contributed by atoms with E-state index in [1.165, 1.54) is 5.69 Å². The summed E-state index contributed by atoms with van der Waals surface area (Å²) in [5.41, 5.74) is 2.37. The van der Waals surface area contributed by atoms with Gasteiger partial charge in [-0.05, 0) is 30.7 Å². The van der Waals surface area contributed by atoms with Crippen molar-refractivity contribution < 1.29 is 9.53 Å². The molecular formula is C16H19NO2. The monoisotopic (exact) mass is 257 g/mol. The summed E-state index contributed by atoms with van der Waals surface area (Å²) in [7, 11) is 0. The van der Waals surface area contributed by atoms with Crippen molar-refractivity contribution in [3.8, 4) is 0 Å². The average molecular weight is 257 g/mol. The minimum atomic E-state index is 0.0623. The molecule has 1 aliphatic rings. The van der Waals surface area contributed by atoms with Crippen LogP contribution < -0.4 is 4.90 Å². The molecule has 0 unspecified atom stereocenters. The topological polar surface area (TPSA) is 29.5 Å². The van der Waals surface area contributed by atoms with Crippen LogP contribution in [0.25, 0.3) is 6.08 Å². The number of rotatable bonds is 4. The number of hydrogen-bond acceptors (Lipinski definition) is 3. The highest BCUT2D eigenvalue weighted by Gasteiger charge is 2.10. The van der Waals surface area contributed by atoms with E-state index < -0.39 is 0 Å². The Bertz CT molecular complexity index is 468. The molecule has 0 saturated carbocycles. The number of hydrogen-bond donors (Lipinski definition) is 0. The van der Waals surface area contributed by atoms with Crippen molar-refractivity contribution in [2.24, 2.45) is 0 Å². The molecule has 0 amide bonds. The van der Waals surface area contributed by atoms with Crippen molar-refractivity contribution in [3.05, 3.63) is 48.1 Å². The van der Waals surface area contributed by atoms with Gasteiger partial charge < -0.3 is 9.64 Å². The van der Waals surface area contributed by atoms with E-state index in [0.717, 1.165) is 31.9 Å². The van der Waals surface area contributed by atoms with E-state index in [1.807, 2.05) is 12.2 Å². The summed E-state index contributed by atoms with van der Waals surface area (Å²) in [5, 5.41) is 0. The van der Waals surface area contributed by atoms with Crippen LogP contribution in [-0.2, 0) is 9.53 Å². The smallest absolute Gasteiger partial charge is 0.152 e. The van der Waals surface area contributed by atoms with E-state index in [-0.39, 0.29) is 5.78 Å². The number of allylic oxidation sites excluding steroid dienone is 3. The van der Waals surface area contributed by atoms with Crippen LogP contribution in [0.3, 0.4) is 0 Å². The summed E-state index contributed by atoms with van der Waals surface area (Å²) in [6.07, 6.45) is 7.19. The van der Waals surface area contributed by atoms with Crippen molar-refractivity contribution in [2.45, 2.75) is 6.92 Å². The molecule has 1 saturated heterocycles. The molecule has 1 fully saturated rings. The first kappa shape index (κ1) is 13.6. The molecule has 3 nitrogen and oxygen atoms in total. The lowest BCUT2D eigenvalue weighted by molar-refractivity contribution is -0.112. The van der Waals surface area contributed by atoms with E-state index in [4.69, 9.17) is 4.74 Å². The zero-order valence-corrected chi connectivity index (χ0v) is 11.2. The Kier molecular flexibility index (Phi) is 4.93. The highest BCUT2D eigenvalue weighted by molar-refractivity contribution is 5.87. The summed E-state index contributed by atoms with van der Waals surface area (Å²) in [6.45, 7) is 5.06. The van der Waals surface area contributed by atoms with Crippen molar-refractivity contribution in [1.82, 2.24) is 0 Å². The molecule has 2 rings (SSSR count). The van der Waals surface area contributed by atoms with E-state index >= 15 is 0 Å². The van der Waals surface area contributed by atoms with Crippen molar-refractivity contribution in [1.29, 1.82) is 0 Å². The van der Waals surface area contributed by atoms with Crippen LogP contribution >= 0.6 is 0 Å². The van der Waals surface area contributed by atoms with Gasteiger partial charge in [0.2, 0.25) is 0 Å². The summed E-state index contributed by atoms with van der Waals surface area (Å²) >= 11 is 0. The van der Waals surface area contributed by atoms with E-state index in [9.17, 15) is 4.79 Å². The van der Waals surface area contributed by atoms with Gasteiger partial charge in [0, 0.05) is 18.8 Å². The maximum atomic E-state index is 10.7. The molecule has 0 aromatic heterocycles. The molecule has 1 aromatic rings. The lowest BCUT2D eigenvalue weighted by Crippen LogP contribution is -2.36. The van der Waals surface area contributed by atoms with Crippen LogP contribution in [0.15, 0.2) is 42.5 Å². The van der Waals surface area contributed by atoms with E-state index in [0.29, 0.717) is 0 Å². The number of benzene rings is 1. The summed E-state index contributed by atoms with van der Waals surface area (Å²) in [6, 6.07) is 8.42. The lowest BCUT2D eigenvalue weighted by Gasteiger charge is -2.28. The predicted molar refractivity (Wildman–Crippen MR) is 78.3 cm³/mol. The molecule has 0 atom stereocenters. The van der Waals surface area contributed by atoms with Gasteiger partial charge in [-0.25, -0.2) is 0 Å². The molecule has 1 aliphatic heterocycles. The van der Waals surface area contributed by atoms with Gasteiger partial charge in [0.25, 0.3) is 0 Å². The highest BCUT2D eigenvalue weighted by atomic mass is 16.5. The number of ether oxygens (including phenoxy) is 1. The van der Waals surface area contributed by atoms with Gasteiger partial charge in [-0.2, -0.15) is 0 Å². The Balaban J connectivity index is 1.96. The third-order valence-corrected chi connectivity index (χ3v) is 3.00. The molecule has 0 bridgehead atoms. The lowest BCUT2D eigenvalue weighted by atomic mass is 10.1. The van der Waals surface area contributed by atoms with Gasteiger partial charge in [0.15, 0.2) is 5.78 Å². The third-order valence-electron chi connectivity index (χ3n) is 3.00. The minimum absolute atomic E-state index is 0.0623. The second kappa shape index (κ2) is 6.90. The first-order valence-electron chi connectivity index (χ1n) is 6.54. The van der Waals surface area contributed by atoms with Gasteiger partial charge in [-0.1, -0.05) is 30.4 Å². The molecule has 1 aromatic carbocycles. The Morgan fingerprint density at radius 2 is 1.84 bits per heavy atom. The largest absolute Gasteiger partial charge is 0.378 e. The fourth-order valence-electron chi connectivity index (χ4n) is 1.98. The summed E-state index contributed by atoms with van der Waals surface area (Å²) in [5.74, 6) is 0.0623. The number of carbonyl (C=O) groups excluding carboxylic acids is 1. The zero-order valence-electron chi connectivity index (χ0n) is 11.2. The van der Waals surface area contributed by atoms with Crippen LogP contribution in [0.5, 0.6) is 0 Å². The van der Waals surface area contributed by atoms with Crippen LogP contribution in [-0.4, -0.2) is 32.1 Å². The number of morpholine rings is 1. The van der Waals surface area contributed by atoms with Gasteiger partial charge >= 0.3 is 0 Å². The van der Waals surface area contributed by atoms with Crippen LogP contribution in [0, 0.1) is 0 Å². The fourth-order valence-corrected chi connectivity index (χ4v) is 1.98. The number of nitrogens with zero attached hydrogens (tertiary/aromatic N) is 1. The van der Waals surface area contributed by atoms with Gasteiger partial charge in [0.05, 0.1) is 13.2 Å². The standard InChI is InChI=1S/C16H19NO2/c1-14(18)4-2-3-5-15-6-8-16(9-7-15)17-10-12-19-13-11-17/h2-9H,10-13H2,1H3/b4-2+,5-3+. The molecule has 3 heteroatoms. The Hall–Kier alpha value is -1.87. The molecule has 19 heavy (non-hydrogen) atoms. The summed E-state index contributed by atoms with van der Waals surface area (Å²) < 4.78 is 5.34. The average Bonchev–Trinajstić information content (AvgIpc) is 2.45. The highest BCUT2D eigenvalue weighted by Crippen LogP contribution is 2.17. The van der Waals surface area contributed by atoms with Crippen molar-refractivity contribution in [3.63, 3.8) is 0 Å². The van der Waals surface area contributed by atoms with Gasteiger partial charge in [-0.15, -0.1) is 0 Å². The van der Waals surface area contributed by atoms with Crippen molar-refractivity contribution in [2.75, 3.05) is 31.2 Å². The van der Waals surface area contributed by atoms with E-state index in [1.54, 1.807) is 19.1 Å². The quantitative estimate of drug-likeness (QED) is 0.613. The van der Waals surface area contributed by atoms with E-state index in [2.05, 4.69) is 29.2 Å². The predicted octanol–water partition coefficient (Wildman–Crippen LogP) is 2.68.